The Morgan fingerprint density at radius 1 is 1.19 bits per heavy atom. The maximum Gasteiger partial charge on any atom is 0.129 e. The van der Waals surface area contributed by atoms with E-state index in [1.165, 1.54) is 12.1 Å². The molecule has 0 atom stereocenters. The fourth-order valence-electron chi connectivity index (χ4n) is 2.40. The minimum atomic E-state index is -0.265. The van der Waals surface area contributed by atoms with Gasteiger partial charge in [-0.2, -0.15) is 5.10 Å². The molecule has 3 rings (SSSR count). The van der Waals surface area contributed by atoms with Crippen LogP contribution in [0.25, 0.3) is 11.1 Å². The number of aryl methyl sites for hydroxylation is 3. The molecule has 21 heavy (non-hydrogen) atoms. The Bertz CT molecular complexity index is 730. The number of rotatable bonds is 4. The summed E-state index contributed by atoms with van der Waals surface area (Å²) in [4.78, 5) is 0. The lowest BCUT2D eigenvalue weighted by atomic mass is 10.0. The van der Waals surface area contributed by atoms with Gasteiger partial charge in [0.1, 0.15) is 17.4 Å². The second-order valence-electron chi connectivity index (χ2n) is 4.92. The highest BCUT2D eigenvalue weighted by Gasteiger charge is 2.16. The van der Waals surface area contributed by atoms with Crippen LogP contribution in [-0.2, 0) is 19.9 Å². The number of halogens is 1. The first-order chi connectivity index (χ1) is 10.1. The number of nitrogens with zero attached hydrogens (tertiary/aromatic N) is 2. The summed E-state index contributed by atoms with van der Waals surface area (Å²) >= 11 is 0. The maximum absolute atomic E-state index is 13.1. The quantitative estimate of drug-likeness (QED) is 0.801. The van der Waals surface area contributed by atoms with Crippen LogP contribution in [0.3, 0.4) is 0 Å². The molecule has 0 amide bonds. The van der Waals surface area contributed by atoms with E-state index >= 15 is 0 Å². The molecule has 0 aliphatic carbocycles. The van der Waals surface area contributed by atoms with Gasteiger partial charge in [0.15, 0.2) is 0 Å². The van der Waals surface area contributed by atoms with Gasteiger partial charge in [-0.15, -0.1) is 0 Å². The number of aromatic nitrogens is 2. The third-order valence-corrected chi connectivity index (χ3v) is 3.49. The predicted octanol–water partition coefficient (Wildman–Crippen LogP) is 3.19. The Hall–Kier alpha value is -2.56. The van der Waals surface area contributed by atoms with Crippen molar-refractivity contribution in [2.75, 3.05) is 5.73 Å². The van der Waals surface area contributed by atoms with Crippen LogP contribution in [-0.4, -0.2) is 9.78 Å². The molecule has 0 spiro atoms. The Morgan fingerprint density at radius 2 is 1.95 bits per heavy atom. The van der Waals surface area contributed by atoms with Crippen molar-refractivity contribution >= 4 is 5.82 Å². The first kappa shape index (κ1) is 13.4. The Balaban J connectivity index is 1.93. The molecule has 2 N–H and O–H groups in total. The highest BCUT2D eigenvalue weighted by Crippen LogP contribution is 2.30. The summed E-state index contributed by atoms with van der Waals surface area (Å²) in [5.41, 5.74) is 8.73. The van der Waals surface area contributed by atoms with E-state index in [-0.39, 0.29) is 5.82 Å². The molecule has 2 aromatic heterocycles. The van der Waals surface area contributed by atoms with Crippen molar-refractivity contribution in [3.8, 4) is 11.1 Å². The van der Waals surface area contributed by atoms with E-state index in [0.717, 1.165) is 29.0 Å². The van der Waals surface area contributed by atoms with E-state index in [0.29, 0.717) is 12.2 Å². The number of nitrogens with two attached hydrogens (primary N) is 1. The minimum Gasteiger partial charge on any atom is -0.469 e. The topological polar surface area (TPSA) is 57.0 Å². The first-order valence-corrected chi connectivity index (χ1v) is 6.75. The SMILES string of the molecule is Cn1nc(CCc2ccco2)c(-c2ccc(F)cc2)c1N. The summed E-state index contributed by atoms with van der Waals surface area (Å²) in [6.07, 6.45) is 3.12. The van der Waals surface area contributed by atoms with Crippen LogP contribution in [0.15, 0.2) is 47.1 Å². The van der Waals surface area contributed by atoms with Gasteiger partial charge in [0.25, 0.3) is 0 Å². The molecule has 0 aliphatic rings. The van der Waals surface area contributed by atoms with Crippen molar-refractivity contribution in [1.82, 2.24) is 9.78 Å². The Morgan fingerprint density at radius 3 is 2.62 bits per heavy atom. The van der Waals surface area contributed by atoms with Crippen molar-refractivity contribution in [2.24, 2.45) is 7.05 Å². The van der Waals surface area contributed by atoms with E-state index < -0.39 is 0 Å². The van der Waals surface area contributed by atoms with Crippen LogP contribution in [0.2, 0.25) is 0 Å². The summed E-state index contributed by atoms with van der Waals surface area (Å²) in [7, 11) is 1.80. The standard InChI is InChI=1S/C16H16FN3O/c1-20-16(18)15(11-4-6-12(17)7-5-11)14(19-20)9-8-13-3-2-10-21-13/h2-7,10H,8-9,18H2,1H3. The van der Waals surface area contributed by atoms with E-state index in [1.807, 2.05) is 12.1 Å². The van der Waals surface area contributed by atoms with Crippen molar-refractivity contribution < 1.29 is 8.81 Å². The highest BCUT2D eigenvalue weighted by molar-refractivity contribution is 5.76. The fraction of sp³-hybridized carbons (Fsp3) is 0.188. The van der Waals surface area contributed by atoms with Crippen LogP contribution in [0, 0.1) is 5.82 Å². The molecule has 0 bridgehead atoms. The van der Waals surface area contributed by atoms with Crippen molar-refractivity contribution in [3.63, 3.8) is 0 Å². The van der Waals surface area contributed by atoms with Gasteiger partial charge in [0.05, 0.1) is 12.0 Å². The van der Waals surface area contributed by atoms with Gasteiger partial charge in [-0.25, -0.2) is 4.39 Å². The Kier molecular flexibility index (Phi) is 3.48. The summed E-state index contributed by atoms with van der Waals surface area (Å²) in [5.74, 6) is 1.22. The molecule has 1 aromatic carbocycles. The molecule has 3 aromatic rings. The average molecular weight is 285 g/mol. The zero-order chi connectivity index (χ0) is 14.8. The minimum absolute atomic E-state index is 0.265. The number of hydrogen-bond acceptors (Lipinski definition) is 3. The van der Waals surface area contributed by atoms with E-state index in [2.05, 4.69) is 5.10 Å². The van der Waals surface area contributed by atoms with Gasteiger partial charge < -0.3 is 10.2 Å². The molecular formula is C16H16FN3O. The normalized spacial score (nSPS) is 11.0. The van der Waals surface area contributed by atoms with Gasteiger partial charge in [0.2, 0.25) is 0 Å². The van der Waals surface area contributed by atoms with Gasteiger partial charge in [-0.3, -0.25) is 4.68 Å². The van der Waals surface area contributed by atoms with Gasteiger partial charge in [-0.1, -0.05) is 12.1 Å². The zero-order valence-corrected chi connectivity index (χ0v) is 11.7. The van der Waals surface area contributed by atoms with E-state index in [1.54, 1.807) is 30.1 Å². The molecule has 2 heterocycles. The number of hydrogen-bond donors (Lipinski definition) is 1. The monoisotopic (exact) mass is 285 g/mol. The van der Waals surface area contributed by atoms with Crippen molar-refractivity contribution in [1.29, 1.82) is 0 Å². The van der Waals surface area contributed by atoms with Crippen LogP contribution < -0.4 is 5.73 Å². The predicted molar refractivity (Wildman–Crippen MR) is 79.1 cm³/mol. The third-order valence-electron chi connectivity index (χ3n) is 3.49. The molecule has 4 nitrogen and oxygen atoms in total. The average Bonchev–Trinajstić information content (AvgIpc) is 3.08. The molecule has 0 aliphatic heterocycles. The van der Waals surface area contributed by atoms with E-state index in [9.17, 15) is 4.39 Å². The lowest BCUT2D eigenvalue weighted by molar-refractivity contribution is 0.507. The summed E-state index contributed by atoms with van der Waals surface area (Å²) in [6.45, 7) is 0. The summed E-state index contributed by atoms with van der Waals surface area (Å²) < 4.78 is 20.1. The Labute approximate surface area is 122 Å². The second-order valence-corrected chi connectivity index (χ2v) is 4.92. The summed E-state index contributed by atoms with van der Waals surface area (Å²) in [5, 5.41) is 4.46. The molecule has 0 saturated carbocycles. The lowest BCUT2D eigenvalue weighted by Gasteiger charge is -2.04. The number of anilines is 1. The second kappa shape index (κ2) is 5.44. The molecule has 0 radical (unpaired) electrons. The number of nitrogen functional groups attached to an aromatic ring is 1. The number of furan rings is 1. The van der Waals surface area contributed by atoms with Crippen LogP contribution in [0.5, 0.6) is 0 Å². The molecule has 5 heteroatoms. The lowest BCUT2D eigenvalue weighted by Crippen LogP contribution is -1.98. The maximum atomic E-state index is 13.1. The van der Waals surface area contributed by atoms with Crippen molar-refractivity contribution in [2.45, 2.75) is 12.8 Å². The zero-order valence-electron chi connectivity index (χ0n) is 11.7. The highest BCUT2D eigenvalue weighted by atomic mass is 19.1. The van der Waals surface area contributed by atoms with Gasteiger partial charge >= 0.3 is 0 Å². The molecule has 0 saturated heterocycles. The third kappa shape index (κ3) is 2.67. The van der Waals surface area contributed by atoms with Crippen LogP contribution in [0.4, 0.5) is 10.2 Å². The summed E-state index contributed by atoms with van der Waals surface area (Å²) in [6, 6.07) is 10.1. The number of benzene rings is 1. The van der Waals surface area contributed by atoms with Crippen LogP contribution >= 0.6 is 0 Å². The first-order valence-electron chi connectivity index (χ1n) is 6.75. The van der Waals surface area contributed by atoms with E-state index in [4.69, 9.17) is 10.2 Å². The molecule has 0 fully saturated rings. The van der Waals surface area contributed by atoms with Gasteiger partial charge in [-0.05, 0) is 36.2 Å². The fourth-order valence-corrected chi connectivity index (χ4v) is 2.40. The smallest absolute Gasteiger partial charge is 0.129 e. The largest absolute Gasteiger partial charge is 0.469 e. The molecular weight excluding hydrogens is 269 g/mol. The van der Waals surface area contributed by atoms with Crippen LogP contribution in [0.1, 0.15) is 11.5 Å². The van der Waals surface area contributed by atoms with Gasteiger partial charge in [0, 0.05) is 19.0 Å². The molecule has 108 valence electrons. The molecule has 0 unspecified atom stereocenters. The van der Waals surface area contributed by atoms with Crippen molar-refractivity contribution in [3.05, 3.63) is 59.9 Å².